The van der Waals surface area contributed by atoms with Crippen molar-refractivity contribution in [1.82, 2.24) is 0 Å². The maximum absolute atomic E-state index is 11.3. The second-order valence-electron chi connectivity index (χ2n) is 5.22. The monoisotopic (exact) mass is 270 g/mol. The van der Waals surface area contributed by atoms with Crippen molar-refractivity contribution < 1.29 is 5.11 Å². The Kier molecular flexibility index (Phi) is 3.38. The smallest absolute Gasteiger partial charge is 0.109 e. The molecule has 1 aliphatic heterocycles. The number of rotatable bonds is 2. The normalized spacial score (nSPS) is 30.4. The van der Waals surface area contributed by atoms with Crippen molar-refractivity contribution in [1.29, 1.82) is 0 Å². The molecule has 1 saturated heterocycles. The van der Waals surface area contributed by atoms with E-state index in [9.17, 15) is 5.11 Å². The van der Waals surface area contributed by atoms with Gasteiger partial charge in [0.1, 0.15) is 5.60 Å². The highest BCUT2D eigenvalue weighted by molar-refractivity contribution is 7.99. The Morgan fingerprint density at radius 3 is 2.21 bits per heavy atom. The van der Waals surface area contributed by atoms with Gasteiger partial charge in [-0.25, -0.2) is 0 Å². The fourth-order valence-electron chi connectivity index (χ4n) is 2.87. The summed E-state index contributed by atoms with van der Waals surface area (Å²) in [5, 5.41) is 11.4. The molecular formula is C17H18OS. The van der Waals surface area contributed by atoms with Crippen molar-refractivity contribution in [3.8, 4) is 0 Å². The van der Waals surface area contributed by atoms with Gasteiger partial charge >= 0.3 is 0 Å². The molecule has 0 amide bonds. The lowest BCUT2D eigenvalue weighted by Gasteiger charge is -2.34. The minimum Gasteiger partial charge on any atom is -0.383 e. The Labute approximate surface area is 118 Å². The molecule has 2 aromatic carbocycles. The van der Waals surface area contributed by atoms with Crippen LogP contribution in [0.15, 0.2) is 60.7 Å². The Morgan fingerprint density at radius 2 is 1.58 bits per heavy atom. The van der Waals surface area contributed by atoms with Crippen molar-refractivity contribution in [3.05, 3.63) is 71.8 Å². The molecule has 0 bridgehead atoms. The highest BCUT2D eigenvalue weighted by atomic mass is 32.2. The quantitative estimate of drug-likeness (QED) is 0.890. The molecule has 0 aromatic heterocycles. The molecule has 0 saturated carbocycles. The summed E-state index contributed by atoms with van der Waals surface area (Å²) < 4.78 is 0. The van der Waals surface area contributed by atoms with Gasteiger partial charge < -0.3 is 5.11 Å². The van der Waals surface area contributed by atoms with E-state index in [0.717, 1.165) is 11.3 Å². The average Bonchev–Trinajstić information content (AvgIpc) is 2.78. The van der Waals surface area contributed by atoms with Crippen LogP contribution in [0.25, 0.3) is 0 Å². The van der Waals surface area contributed by atoms with E-state index in [-0.39, 0.29) is 11.2 Å². The van der Waals surface area contributed by atoms with Crippen LogP contribution in [0.1, 0.15) is 23.3 Å². The Hall–Kier alpha value is -1.25. The van der Waals surface area contributed by atoms with Crippen molar-refractivity contribution in [2.24, 2.45) is 5.92 Å². The molecule has 2 heteroatoms. The summed E-state index contributed by atoms with van der Waals surface area (Å²) >= 11 is 1.86. The van der Waals surface area contributed by atoms with E-state index in [2.05, 4.69) is 19.1 Å². The maximum Gasteiger partial charge on any atom is 0.109 e. The third-order valence-corrected chi connectivity index (χ3v) is 5.66. The lowest BCUT2D eigenvalue weighted by molar-refractivity contribution is -0.00247. The zero-order chi connectivity index (χ0) is 13.3. The van der Waals surface area contributed by atoms with Gasteiger partial charge in [-0.1, -0.05) is 67.6 Å². The molecule has 3 rings (SSSR count). The van der Waals surface area contributed by atoms with E-state index in [4.69, 9.17) is 0 Å². The van der Waals surface area contributed by atoms with Crippen LogP contribution in [-0.4, -0.2) is 10.9 Å². The molecule has 0 radical (unpaired) electrons. The number of benzene rings is 2. The van der Waals surface area contributed by atoms with Crippen molar-refractivity contribution in [2.75, 3.05) is 5.75 Å². The highest BCUT2D eigenvalue weighted by Gasteiger charge is 2.49. The van der Waals surface area contributed by atoms with E-state index in [1.165, 1.54) is 5.56 Å². The molecule has 1 N–H and O–H groups in total. The van der Waals surface area contributed by atoms with Crippen LogP contribution in [0.2, 0.25) is 0 Å². The summed E-state index contributed by atoms with van der Waals surface area (Å²) in [6.45, 7) is 2.14. The predicted octanol–water partition coefficient (Wildman–Crippen LogP) is 4.00. The minimum absolute atomic E-state index is 0.117. The largest absolute Gasteiger partial charge is 0.383 e. The number of hydrogen-bond donors (Lipinski definition) is 1. The van der Waals surface area contributed by atoms with Gasteiger partial charge in [-0.3, -0.25) is 0 Å². The first-order valence-corrected chi connectivity index (χ1v) is 7.72. The van der Waals surface area contributed by atoms with Crippen LogP contribution in [-0.2, 0) is 5.60 Å². The molecule has 2 aromatic rings. The molecule has 3 unspecified atom stereocenters. The van der Waals surface area contributed by atoms with Gasteiger partial charge in [-0.05, 0) is 22.8 Å². The molecule has 1 fully saturated rings. The zero-order valence-corrected chi connectivity index (χ0v) is 11.8. The van der Waals surface area contributed by atoms with Gasteiger partial charge in [0.25, 0.3) is 0 Å². The van der Waals surface area contributed by atoms with Gasteiger partial charge in [-0.15, -0.1) is 11.8 Å². The number of aliphatic hydroxyl groups is 1. The van der Waals surface area contributed by atoms with E-state index >= 15 is 0 Å². The van der Waals surface area contributed by atoms with Crippen molar-refractivity contribution in [3.63, 3.8) is 0 Å². The van der Waals surface area contributed by atoms with E-state index in [1.807, 2.05) is 60.3 Å². The molecule has 3 atom stereocenters. The molecule has 0 spiro atoms. The van der Waals surface area contributed by atoms with Crippen LogP contribution >= 0.6 is 11.8 Å². The van der Waals surface area contributed by atoms with Crippen molar-refractivity contribution in [2.45, 2.75) is 17.8 Å². The fourth-order valence-corrected chi connectivity index (χ4v) is 4.58. The fraction of sp³-hybridized carbons (Fsp3) is 0.294. The Bertz CT molecular complexity index is 540. The summed E-state index contributed by atoms with van der Waals surface area (Å²) in [5.41, 5.74) is 1.47. The molecule has 1 heterocycles. The first-order chi connectivity index (χ1) is 9.23. The second-order valence-corrected chi connectivity index (χ2v) is 6.35. The molecular weight excluding hydrogens is 252 g/mol. The number of hydrogen-bond acceptors (Lipinski definition) is 2. The second kappa shape index (κ2) is 5.03. The molecule has 19 heavy (non-hydrogen) atoms. The maximum atomic E-state index is 11.3. The van der Waals surface area contributed by atoms with Crippen LogP contribution in [0.4, 0.5) is 0 Å². The van der Waals surface area contributed by atoms with E-state index in [0.29, 0.717) is 0 Å². The predicted molar refractivity (Wildman–Crippen MR) is 81.1 cm³/mol. The molecule has 1 nitrogen and oxygen atoms in total. The average molecular weight is 270 g/mol. The summed E-state index contributed by atoms with van der Waals surface area (Å²) in [6, 6.07) is 20.4. The van der Waals surface area contributed by atoms with Crippen molar-refractivity contribution >= 4 is 11.8 Å². The first kappa shape index (κ1) is 12.8. The van der Waals surface area contributed by atoms with Gasteiger partial charge in [0, 0.05) is 0 Å². The summed E-state index contributed by atoms with van der Waals surface area (Å²) in [6.07, 6.45) is 0. The Balaban J connectivity index is 2.06. The van der Waals surface area contributed by atoms with E-state index < -0.39 is 5.60 Å². The number of thioether (sulfide) groups is 1. The van der Waals surface area contributed by atoms with Crippen LogP contribution in [0.3, 0.4) is 0 Å². The molecule has 98 valence electrons. The highest BCUT2D eigenvalue weighted by Crippen LogP contribution is 2.55. The lowest BCUT2D eigenvalue weighted by Crippen LogP contribution is -2.34. The topological polar surface area (TPSA) is 20.2 Å². The van der Waals surface area contributed by atoms with Gasteiger partial charge in [0.2, 0.25) is 0 Å². The summed E-state index contributed by atoms with van der Waals surface area (Å²) in [4.78, 5) is 0. The summed E-state index contributed by atoms with van der Waals surface area (Å²) in [7, 11) is 0. The van der Waals surface area contributed by atoms with Gasteiger partial charge in [0.05, 0.1) is 5.25 Å². The van der Waals surface area contributed by atoms with E-state index in [1.54, 1.807) is 0 Å². The zero-order valence-electron chi connectivity index (χ0n) is 11.0. The summed E-state index contributed by atoms with van der Waals surface area (Å²) in [5.74, 6) is 1.25. The third kappa shape index (κ3) is 2.09. The molecule has 0 aliphatic carbocycles. The SMILES string of the molecule is CC1CSC(c2ccccc2)C1(O)c1ccccc1. The third-order valence-electron chi connectivity index (χ3n) is 4.00. The molecule has 1 aliphatic rings. The first-order valence-electron chi connectivity index (χ1n) is 6.67. The Morgan fingerprint density at radius 1 is 1.00 bits per heavy atom. The van der Waals surface area contributed by atoms with Gasteiger partial charge in [-0.2, -0.15) is 0 Å². The lowest BCUT2D eigenvalue weighted by atomic mass is 9.78. The minimum atomic E-state index is -0.771. The standard InChI is InChI=1S/C17H18OS/c1-13-12-19-16(14-8-4-2-5-9-14)17(13,18)15-10-6-3-7-11-15/h2-11,13,16,18H,12H2,1H3. The van der Waals surface area contributed by atoms with Gasteiger partial charge in [0.15, 0.2) is 0 Å². The van der Waals surface area contributed by atoms with Crippen LogP contribution < -0.4 is 0 Å². The van der Waals surface area contributed by atoms with Crippen LogP contribution in [0.5, 0.6) is 0 Å². The van der Waals surface area contributed by atoms with Crippen LogP contribution in [0, 0.1) is 5.92 Å².